The molecule has 0 spiro atoms. The maximum Gasteiger partial charge on any atom is 0.123 e. The van der Waals surface area contributed by atoms with Crippen LogP contribution in [0.5, 0.6) is 0 Å². The molecule has 2 heterocycles. The fraction of sp³-hybridized carbons (Fsp3) is 0.308. The zero-order valence-electron chi connectivity index (χ0n) is 17.5. The Morgan fingerprint density at radius 3 is 2.42 bits per heavy atom. The molecule has 0 radical (unpaired) electrons. The first-order valence-corrected chi connectivity index (χ1v) is 10.9. The summed E-state index contributed by atoms with van der Waals surface area (Å²) in [6.07, 6.45) is 8.05. The van der Waals surface area contributed by atoms with Gasteiger partial charge < -0.3 is 4.98 Å². The van der Waals surface area contributed by atoms with E-state index >= 15 is 0 Å². The summed E-state index contributed by atoms with van der Waals surface area (Å²) in [5.74, 6) is 1.84. The van der Waals surface area contributed by atoms with Gasteiger partial charge in [-0.05, 0) is 97.2 Å². The SMILES string of the molecule is CC(c1ncc(-c2ccc(F)cc2)[nH]1)C1CCC(c2ccnc3ccc(F)cc23)CC1. The molecule has 3 nitrogen and oxygen atoms in total. The smallest absolute Gasteiger partial charge is 0.123 e. The van der Waals surface area contributed by atoms with Crippen LogP contribution in [-0.4, -0.2) is 15.0 Å². The van der Waals surface area contributed by atoms with E-state index in [0.29, 0.717) is 17.8 Å². The van der Waals surface area contributed by atoms with Crippen LogP contribution in [0.15, 0.2) is 60.9 Å². The van der Waals surface area contributed by atoms with Crippen LogP contribution in [0.3, 0.4) is 0 Å². The van der Waals surface area contributed by atoms with Gasteiger partial charge in [-0.1, -0.05) is 6.92 Å². The number of nitrogens with one attached hydrogen (secondary N) is 1. The van der Waals surface area contributed by atoms with Crippen LogP contribution in [0.1, 0.15) is 55.8 Å². The molecule has 5 rings (SSSR count). The minimum Gasteiger partial charge on any atom is -0.342 e. The molecule has 1 unspecified atom stereocenters. The summed E-state index contributed by atoms with van der Waals surface area (Å²) in [5.41, 5.74) is 3.93. The monoisotopic (exact) mass is 417 g/mol. The number of aromatic amines is 1. The highest BCUT2D eigenvalue weighted by Crippen LogP contribution is 2.42. The second-order valence-electron chi connectivity index (χ2n) is 8.65. The van der Waals surface area contributed by atoms with Crippen LogP contribution in [0.25, 0.3) is 22.2 Å². The van der Waals surface area contributed by atoms with E-state index in [2.05, 4.69) is 27.9 Å². The van der Waals surface area contributed by atoms with Gasteiger partial charge in [0.05, 0.1) is 17.4 Å². The van der Waals surface area contributed by atoms with Gasteiger partial charge in [0.25, 0.3) is 0 Å². The Bertz CT molecular complexity index is 1190. The number of nitrogens with zero attached hydrogens (tertiary/aromatic N) is 2. The van der Waals surface area contributed by atoms with Crippen molar-refractivity contribution in [3.05, 3.63) is 83.9 Å². The standard InChI is InChI=1S/C26H25F2N3/c1-16(26-30-15-25(31-26)19-6-8-20(27)9-7-19)17-2-4-18(5-3-17)22-12-13-29-24-11-10-21(28)14-23(22)24/h6-18H,2-5H2,1H3,(H,30,31). The van der Waals surface area contributed by atoms with E-state index in [1.54, 1.807) is 24.3 Å². The Kier molecular flexibility index (Phi) is 5.26. The lowest BCUT2D eigenvalue weighted by Gasteiger charge is -2.32. The molecule has 1 aliphatic rings. The fourth-order valence-corrected chi connectivity index (χ4v) is 4.99. The summed E-state index contributed by atoms with van der Waals surface area (Å²) in [5, 5.41) is 0.939. The molecule has 5 heteroatoms. The Hall–Kier alpha value is -3.08. The normalized spacial score (nSPS) is 20.1. The van der Waals surface area contributed by atoms with Gasteiger partial charge in [-0.2, -0.15) is 0 Å². The summed E-state index contributed by atoms with van der Waals surface area (Å²) < 4.78 is 27.0. The van der Waals surface area contributed by atoms with E-state index in [4.69, 9.17) is 0 Å². The van der Waals surface area contributed by atoms with Crippen molar-refractivity contribution in [2.24, 2.45) is 5.92 Å². The van der Waals surface area contributed by atoms with Crippen molar-refractivity contribution >= 4 is 10.9 Å². The number of aromatic nitrogens is 3. The van der Waals surface area contributed by atoms with Crippen LogP contribution in [0, 0.1) is 17.6 Å². The molecular formula is C26H25F2N3. The fourth-order valence-electron chi connectivity index (χ4n) is 4.99. The Morgan fingerprint density at radius 2 is 1.65 bits per heavy atom. The second-order valence-corrected chi connectivity index (χ2v) is 8.65. The molecule has 2 aromatic heterocycles. The Balaban J connectivity index is 1.29. The molecule has 1 aliphatic carbocycles. The van der Waals surface area contributed by atoms with E-state index < -0.39 is 0 Å². The van der Waals surface area contributed by atoms with E-state index in [-0.39, 0.29) is 11.6 Å². The molecule has 0 amide bonds. The van der Waals surface area contributed by atoms with Gasteiger partial charge in [-0.25, -0.2) is 13.8 Å². The number of imidazole rings is 1. The summed E-state index contributed by atoms with van der Waals surface area (Å²) >= 11 is 0. The van der Waals surface area contributed by atoms with Crippen LogP contribution in [-0.2, 0) is 0 Å². The van der Waals surface area contributed by atoms with Crippen molar-refractivity contribution in [1.29, 1.82) is 0 Å². The van der Waals surface area contributed by atoms with Crippen molar-refractivity contribution in [1.82, 2.24) is 15.0 Å². The van der Waals surface area contributed by atoms with Crippen LogP contribution in [0.2, 0.25) is 0 Å². The lowest BCUT2D eigenvalue weighted by Crippen LogP contribution is -2.19. The number of fused-ring (bicyclic) bond motifs is 1. The lowest BCUT2D eigenvalue weighted by atomic mass is 9.73. The number of rotatable bonds is 4. The Morgan fingerprint density at radius 1 is 0.903 bits per heavy atom. The van der Waals surface area contributed by atoms with Crippen LogP contribution in [0.4, 0.5) is 8.78 Å². The molecule has 0 saturated heterocycles. The summed E-state index contributed by atoms with van der Waals surface area (Å²) in [4.78, 5) is 12.4. The maximum absolute atomic E-state index is 13.8. The minimum absolute atomic E-state index is 0.209. The predicted molar refractivity (Wildman–Crippen MR) is 119 cm³/mol. The number of pyridine rings is 1. The molecule has 2 aromatic carbocycles. The van der Waals surface area contributed by atoms with Gasteiger partial charge in [0.15, 0.2) is 0 Å². The summed E-state index contributed by atoms with van der Waals surface area (Å²) in [6, 6.07) is 13.4. The third-order valence-corrected chi connectivity index (χ3v) is 6.84. The highest BCUT2D eigenvalue weighted by Gasteiger charge is 2.29. The van der Waals surface area contributed by atoms with Gasteiger partial charge >= 0.3 is 0 Å². The van der Waals surface area contributed by atoms with E-state index in [0.717, 1.165) is 53.7 Å². The third kappa shape index (κ3) is 3.97. The average molecular weight is 418 g/mol. The van der Waals surface area contributed by atoms with Crippen molar-refractivity contribution in [2.75, 3.05) is 0 Å². The van der Waals surface area contributed by atoms with E-state index in [1.165, 1.54) is 23.8 Å². The molecule has 1 atom stereocenters. The van der Waals surface area contributed by atoms with Crippen molar-refractivity contribution < 1.29 is 8.78 Å². The number of benzene rings is 2. The molecule has 1 fully saturated rings. The zero-order chi connectivity index (χ0) is 21.4. The van der Waals surface area contributed by atoms with Gasteiger partial charge in [0.2, 0.25) is 0 Å². The molecule has 4 aromatic rings. The van der Waals surface area contributed by atoms with Crippen molar-refractivity contribution in [2.45, 2.75) is 44.4 Å². The quantitative estimate of drug-likeness (QED) is 0.389. The third-order valence-electron chi connectivity index (χ3n) is 6.84. The summed E-state index contributed by atoms with van der Waals surface area (Å²) in [6.45, 7) is 2.23. The maximum atomic E-state index is 13.8. The molecule has 1 N–H and O–H groups in total. The zero-order valence-corrected chi connectivity index (χ0v) is 17.5. The number of halogens is 2. The molecule has 31 heavy (non-hydrogen) atoms. The highest BCUT2D eigenvalue weighted by molar-refractivity contribution is 5.82. The first-order chi connectivity index (χ1) is 15.1. The van der Waals surface area contributed by atoms with Crippen LogP contribution >= 0.6 is 0 Å². The molecule has 158 valence electrons. The van der Waals surface area contributed by atoms with Gasteiger partial charge in [0, 0.05) is 17.5 Å². The van der Waals surface area contributed by atoms with Gasteiger partial charge in [-0.15, -0.1) is 0 Å². The summed E-state index contributed by atoms with van der Waals surface area (Å²) in [7, 11) is 0. The first kappa shape index (κ1) is 19.9. The average Bonchev–Trinajstić information content (AvgIpc) is 3.29. The van der Waals surface area contributed by atoms with Crippen molar-refractivity contribution in [3.63, 3.8) is 0 Å². The van der Waals surface area contributed by atoms with Crippen molar-refractivity contribution in [3.8, 4) is 11.3 Å². The molecule has 1 saturated carbocycles. The molecule has 0 aliphatic heterocycles. The number of hydrogen-bond donors (Lipinski definition) is 1. The second kappa shape index (κ2) is 8.22. The van der Waals surface area contributed by atoms with Gasteiger partial charge in [-0.3, -0.25) is 4.98 Å². The van der Waals surface area contributed by atoms with E-state index in [1.807, 2.05) is 12.4 Å². The highest BCUT2D eigenvalue weighted by atomic mass is 19.1. The minimum atomic E-state index is -0.238. The van der Waals surface area contributed by atoms with E-state index in [9.17, 15) is 8.78 Å². The Labute approximate surface area is 180 Å². The predicted octanol–water partition coefficient (Wildman–Crippen LogP) is 6.98. The molecule has 0 bridgehead atoms. The first-order valence-electron chi connectivity index (χ1n) is 10.9. The number of H-pyrrole nitrogens is 1. The molecular weight excluding hydrogens is 392 g/mol. The van der Waals surface area contributed by atoms with Crippen LogP contribution < -0.4 is 0 Å². The topological polar surface area (TPSA) is 41.6 Å². The lowest BCUT2D eigenvalue weighted by molar-refractivity contribution is 0.286. The largest absolute Gasteiger partial charge is 0.342 e. The van der Waals surface area contributed by atoms with Gasteiger partial charge in [0.1, 0.15) is 17.5 Å². The number of hydrogen-bond acceptors (Lipinski definition) is 2.